The average molecular weight is 300 g/mol. The molecule has 1 N–H and O–H groups in total. The van der Waals surface area contributed by atoms with Gasteiger partial charge in [-0.3, -0.25) is 0 Å². The maximum Gasteiger partial charge on any atom is 0.439 e. The highest BCUT2D eigenvalue weighted by Gasteiger charge is 2.68. The van der Waals surface area contributed by atoms with Crippen LogP contribution >= 0.6 is 0 Å². The predicted molar refractivity (Wildman–Crippen MR) is 62.6 cm³/mol. The molecule has 118 valence electrons. The van der Waals surface area contributed by atoms with Crippen LogP contribution in [0.5, 0.6) is 0 Å². The van der Waals surface area contributed by atoms with Gasteiger partial charge in [-0.05, 0) is 19.3 Å². The van der Waals surface area contributed by atoms with E-state index < -0.39 is 29.8 Å². The van der Waals surface area contributed by atoms with Crippen LogP contribution in [0.25, 0.3) is 0 Å². The van der Waals surface area contributed by atoms with Crippen LogP contribution in [-0.4, -0.2) is 41.5 Å². The minimum Gasteiger partial charge on any atom is -0.463 e. The Morgan fingerprint density at radius 2 is 1.65 bits per heavy atom. The topological polar surface area (TPSA) is 72.8 Å². The van der Waals surface area contributed by atoms with E-state index in [-0.39, 0.29) is 18.9 Å². The van der Waals surface area contributed by atoms with Crippen molar-refractivity contribution in [3.05, 3.63) is 0 Å². The molecule has 0 saturated carbocycles. The van der Waals surface area contributed by atoms with Crippen molar-refractivity contribution >= 4 is 11.9 Å². The highest BCUT2D eigenvalue weighted by atomic mass is 19.4. The molecule has 5 nitrogen and oxygen atoms in total. The summed E-state index contributed by atoms with van der Waals surface area (Å²) in [6.07, 6.45) is -6.15. The molecule has 20 heavy (non-hydrogen) atoms. The van der Waals surface area contributed by atoms with Crippen LogP contribution < -0.4 is 0 Å². The molecule has 0 bridgehead atoms. The Hall–Kier alpha value is -1.31. The van der Waals surface area contributed by atoms with Crippen molar-refractivity contribution in [2.75, 3.05) is 6.61 Å². The standard InChI is InChI=1S/C12H19F3O5/c1-5-8(4)20-10(17)11(18,12(13,14)15)9(16)19-6-7(2)3/h7-8,18H,5-6H2,1-4H3. The van der Waals surface area contributed by atoms with Gasteiger partial charge in [0.25, 0.3) is 0 Å². The van der Waals surface area contributed by atoms with Crippen LogP contribution in [0.15, 0.2) is 0 Å². The minimum atomic E-state index is -5.52. The van der Waals surface area contributed by atoms with E-state index in [4.69, 9.17) is 0 Å². The molecule has 0 aliphatic rings. The van der Waals surface area contributed by atoms with E-state index in [1.54, 1.807) is 20.8 Å². The second-order valence-corrected chi connectivity index (χ2v) is 4.82. The van der Waals surface area contributed by atoms with Gasteiger partial charge in [0.2, 0.25) is 0 Å². The summed E-state index contributed by atoms with van der Waals surface area (Å²) in [5.41, 5.74) is -4.30. The molecule has 0 aliphatic heterocycles. The van der Waals surface area contributed by atoms with E-state index in [1.165, 1.54) is 6.92 Å². The number of ether oxygens (including phenoxy) is 2. The van der Waals surface area contributed by atoms with Gasteiger partial charge in [-0.25, -0.2) is 9.59 Å². The molecule has 0 amide bonds. The fourth-order valence-corrected chi connectivity index (χ4v) is 1.01. The maximum atomic E-state index is 12.8. The predicted octanol–water partition coefficient (Wildman–Crippen LogP) is 1.82. The fraction of sp³-hybridized carbons (Fsp3) is 0.833. The molecule has 0 aromatic carbocycles. The Labute approximate surface area is 115 Å². The number of rotatable bonds is 6. The molecule has 0 fully saturated rings. The third-order valence-corrected chi connectivity index (χ3v) is 2.43. The monoisotopic (exact) mass is 300 g/mol. The Kier molecular flexibility index (Phi) is 6.46. The van der Waals surface area contributed by atoms with E-state index in [0.29, 0.717) is 0 Å². The van der Waals surface area contributed by atoms with E-state index in [1.807, 2.05) is 0 Å². The number of aliphatic hydroxyl groups is 1. The summed E-state index contributed by atoms with van der Waals surface area (Å²) in [6, 6.07) is 0. The molecule has 0 rings (SSSR count). The summed E-state index contributed by atoms with van der Waals surface area (Å²) in [6.45, 7) is 5.75. The Morgan fingerprint density at radius 3 is 2.00 bits per heavy atom. The highest BCUT2D eigenvalue weighted by molar-refractivity contribution is 6.04. The van der Waals surface area contributed by atoms with Gasteiger partial charge in [0.1, 0.15) is 0 Å². The van der Waals surface area contributed by atoms with Gasteiger partial charge in [-0.2, -0.15) is 13.2 Å². The van der Waals surface area contributed by atoms with Crippen molar-refractivity contribution in [1.29, 1.82) is 0 Å². The lowest BCUT2D eigenvalue weighted by molar-refractivity contribution is -0.265. The molecular weight excluding hydrogens is 281 g/mol. The van der Waals surface area contributed by atoms with Crippen molar-refractivity contribution in [2.24, 2.45) is 5.92 Å². The first kappa shape index (κ1) is 18.7. The van der Waals surface area contributed by atoms with Crippen LogP contribution in [0.2, 0.25) is 0 Å². The Balaban J connectivity index is 5.21. The lowest BCUT2D eigenvalue weighted by Crippen LogP contribution is -2.60. The first-order valence-electron chi connectivity index (χ1n) is 6.14. The largest absolute Gasteiger partial charge is 0.463 e. The summed E-state index contributed by atoms with van der Waals surface area (Å²) in [5, 5.41) is 9.47. The van der Waals surface area contributed by atoms with Gasteiger partial charge in [-0.15, -0.1) is 0 Å². The third-order valence-electron chi connectivity index (χ3n) is 2.43. The van der Waals surface area contributed by atoms with Gasteiger partial charge in [0.15, 0.2) is 0 Å². The molecule has 0 saturated heterocycles. The number of esters is 2. The number of carbonyl (C=O) groups is 2. The third kappa shape index (κ3) is 4.36. The van der Waals surface area contributed by atoms with Crippen molar-refractivity contribution in [2.45, 2.75) is 52.0 Å². The van der Waals surface area contributed by atoms with Crippen LogP contribution in [0.1, 0.15) is 34.1 Å². The van der Waals surface area contributed by atoms with Crippen LogP contribution in [0.4, 0.5) is 13.2 Å². The average Bonchev–Trinajstić information content (AvgIpc) is 2.32. The van der Waals surface area contributed by atoms with Gasteiger partial charge < -0.3 is 14.6 Å². The second-order valence-electron chi connectivity index (χ2n) is 4.82. The van der Waals surface area contributed by atoms with E-state index in [0.717, 1.165) is 0 Å². The maximum absolute atomic E-state index is 12.8. The summed E-state index contributed by atoms with van der Waals surface area (Å²) < 4.78 is 47.2. The molecule has 0 aliphatic carbocycles. The van der Waals surface area contributed by atoms with E-state index in [9.17, 15) is 27.9 Å². The molecule has 0 aromatic rings. The molecule has 0 radical (unpaired) electrons. The van der Waals surface area contributed by atoms with E-state index >= 15 is 0 Å². The normalized spacial score (nSPS) is 16.4. The molecule has 0 spiro atoms. The van der Waals surface area contributed by atoms with Crippen molar-refractivity contribution in [3.8, 4) is 0 Å². The zero-order valence-corrected chi connectivity index (χ0v) is 11.8. The number of alkyl halides is 3. The van der Waals surface area contributed by atoms with Crippen LogP contribution in [0.3, 0.4) is 0 Å². The summed E-state index contributed by atoms with van der Waals surface area (Å²) in [7, 11) is 0. The molecule has 2 unspecified atom stereocenters. The summed E-state index contributed by atoms with van der Waals surface area (Å²) >= 11 is 0. The van der Waals surface area contributed by atoms with Crippen molar-refractivity contribution in [3.63, 3.8) is 0 Å². The summed E-state index contributed by atoms with van der Waals surface area (Å²) in [4.78, 5) is 22.9. The van der Waals surface area contributed by atoms with Crippen molar-refractivity contribution in [1.82, 2.24) is 0 Å². The summed E-state index contributed by atoms with van der Waals surface area (Å²) in [5.74, 6) is -4.40. The first-order chi connectivity index (χ1) is 8.96. The molecule has 8 heteroatoms. The number of hydrogen-bond donors (Lipinski definition) is 1. The Morgan fingerprint density at radius 1 is 1.15 bits per heavy atom. The first-order valence-corrected chi connectivity index (χ1v) is 6.14. The Bertz CT molecular complexity index is 353. The molecule has 0 heterocycles. The molecular formula is C12H19F3O5. The molecule has 0 aromatic heterocycles. The highest BCUT2D eigenvalue weighted by Crippen LogP contribution is 2.33. The van der Waals surface area contributed by atoms with E-state index in [2.05, 4.69) is 9.47 Å². The quantitative estimate of drug-likeness (QED) is 0.598. The lowest BCUT2D eigenvalue weighted by atomic mass is 10.0. The lowest BCUT2D eigenvalue weighted by Gasteiger charge is -2.27. The second kappa shape index (κ2) is 6.92. The smallest absolute Gasteiger partial charge is 0.439 e. The van der Waals surface area contributed by atoms with Crippen LogP contribution in [0, 0.1) is 5.92 Å². The molecule has 2 atom stereocenters. The van der Waals surface area contributed by atoms with Crippen LogP contribution in [-0.2, 0) is 19.1 Å². The number of hydrogen-bond acceptors (Lipinski definition) is 5. The van der Waals surface area contributed by atoms with Gasteiger partial charge >= 0.3 is 23.7 Å². The van der Waals surface area contributed by atoms with Gasteiger partial charge in [-0.1, -0.05) is 20.8 Å². The fourth-order valence-electron chi connectivity index (χ4n) is 1.01. The number of carbonyl (C=O) groups excluding carboxylic acids is 2. The SMILES string of the molecule is CCC(C)OC(=O)C(O)(C(=O)OCC(C)C)C(F)(F)F. The van der Waals surface area contributed by atoms with Crippen molar-refractivity contribution < 1.29 is 37.3 Å². The van der Waals surface area contributed by atoms with Gasteiger partial charge in [0.05, 0.1) is 12.7 Å². The number of halogens is 3. The zero-order chi connectivity index (χ0) is 16.1. The van der Waals surface area contributed by atoms with Gasteiger partial charge in [0, 0.05) is 0 Å². The zero-order valence-electron chi connectivity index (χ0n) is 11.8. The minimum absolute atomic E-state index is 0.237.